The highest BCUT2D eigenvalue weighted by molar-refractivity contribution is 5.68. The second kappa shape index (κ2) is 9.44. The highest BCUT2D eigenvalue weighted by atomic mass is 19.1. The summed E-state index contributed by atoms with van der Waals surface area (Å²) >= 11 is 0. The number of hydrogen-bond donors (Lipinski definition) is 0. The fraction of sp³-hybridized carbons (Fsp3) is 0.320. The van der Waals surface area contributed by atoms with Gasteiger partial charge in [0, 0.05) is 26.1 Å². The van der Waals surface area contributed by atoms with Gasteiger partial charge >= 0.3 is 6.09 Å². The average Bonchev–Trinajstić information content (AvgIpc) is 3.39. The molecule has 0 aliphatic carbocycles. The maximum atomic E-state index is 13.4. The molecule has 0 bridgehead atoms. The van der Waals surface area contributed by atoms with Gasteiger partial charge in [0.15, 0.2) is 0 Å². The molecule has 3 aromatic rings. The molecular weight excluding hydrogens is 423 g/mol. The number of amides is 1. The number of anilines is 1. The maximum absolute atomic E-state index is 13.4. The van der Waals surface area contributed by atoms with E-state index in [4.69, 9.17) is 19.4 Å². The van der Waals surface area contributed by atoms with Crippen molar-refractivity contribution in [1.29, 1.82) is 0 Å². The van der Waals surface area contributed by atoms with Crippen molar-refractivity contribution in [3.63, 3.8) is 0 Å². The molecule has 2 aliphatic heterocycles. The van der Waals surface area contributed by atoms with E-state index in [2.05, 4.69) is 4.90 Å². The third-order valence-corrected chi connectivity index (χ3v) is 5.89. The van der Waals surface area contributed by atoms with Gasteiger partial charge in [0.25, 0.3) is 0 Å². The van der Waals surface area contributed by atoms with Crippen molar-refractivity contribution in [2.24, 2.45) is 0 Å². The van der Waals surface area contributed by atoms with E-state index < -0.39 is 0 Å². The van der Waals surface area contributed by atoms with E-state index in [1.807, 2.05) is 30.3 Å². The van der Waals surface area contributed by atoms with Crippen molar-refractivity contribution in [2.75, 3.05) is 24.5 Å². The Morgan fingerprint density at radius 3 is 2.48 bits per heavy atom. The molecule has 1 aromatic heterocycles. The normalized spacial score (nSPS) is 15.3. The van der Waals surface area contributed by atoms with E-state index in [1.54, 1.807) is 17.0 Å². The van der Waals surface area contributed by atoms with Crippen LogP contribution in [0.4, 0.5) is 15.1 Å². The minimum absolute atomic E-state index is 0.215. The van der Waals surface area contributed by atoms with Crippen molar-refractivity contribution in [3.05, 3.63) is 77.2 Å². The fourth-order valence-corrected chi connectivity index (χ4v) is 4.10. The second-order valence-corrected chi connectivity index (χ2v) is 8.22. The maximum Gasteiger partial charge on any atom is 0.410 e. The lowest BCUT2D eigenvalue weighted by atomic mass is 10.1. The van der Waals surface area contributed by atoms with E-state index in [9.17, 15) is 9.18 Å². The molecule has 33 heavy (non-hydrogen) atoms. The summed E-state index contributed by atoms with van der Waals surface area (Å²) in [6, 6.07) is 15.4. The molecule has 5 rings (SSSR count). The van der Waals surface area contributed by atoms with Crippen LogP contribution in [0.2, 0.25) is 0 Å². The average molecular weight is 448 g/mol. The topological polar surface area (TPSA) is 67.8 Å². The molecule has 2 aliphatic rings. The third-order valence-electron chi connectivity index (χ3n) is 5.89. The Labute approximate surface area is 191 Å². The van der Waals surface area contributed by atoms with Crippen molar-refractivity contribution in [1.82, 2.24) is 14.9 Å². The van der Waals surface area contributed by atoms with Crippen molar-refractivity contribution < 1.29 is 18.7 Å². The highest BCUT2D eigenvalue weighted by Gasteiger charge is 2.29. The molecule has 1 saturated heterocycles. The van der Waals surface area contributed by atoms with Crippen LogP contribution in [-0.4, -0.2) is 40.6 Å². The Bertz CT molecular complexity index is 1120. The van der Waals surface area contributed by atoms with Gasteiger partial charge in [-0.1, -0.05) is 30.3 Å². The number of fused-ring (bicyclic) bond motifs is 1. The van der Waals surface area contributed by atoms with Crippen molar-refractivity contribution >= 4 is 12.0 Å². The first kappa shape index (κ1) is 21.2. The number of hydrogen-bond acceptors (Lipinski definition) is 6. The Morgan fingerprint density at radius 2 is 1.73 bits per heavy atom. The zero-order chi connectivity index (χ0) is 22.6. The van der Waals surface area contributed by atoms with Gasteiger partial charge in [-0.2, -0.15) is 4.98 Å². The first-order chi connectivity index (χ1) is 16.2. The van der Waals surface area contributed by atoms with E-state index >= 15 is 0 Å². The number of nitrogens with zero attached hydrogens (tertiary/aromatic N) is 4. The van der Waals surface area contributed by atoms with E-state index in [0.717, 1.165) is 42.8 Å². The zero-order valence-electron chi connectivity index (χ0n) is 18.2. The molecule has 0 N–H and O–H groups in total. The van der Waals surface area contributed by atoms with E-state index in [-0.39, 0.29) is 18.5 Å². The summed E-state index contributed by atoms with van der Waals surface area (Å²) in [5.74, 6) is 1.18. The Kier molecular flexibility index (Phi) is 6.06. The fourth-order valence-electron chi connectivity index (χ4n) is 4.10. The van der Waals surface area contributed by atoms with Gasteiger partial charge in [-0.05, 0) is 42.7 Å². The quantitative estimate of drug-likeness (QED) is 0.564. The molecule has 0 saturated carbocycles. The van der Waals surface area contributed by atoms with Crippen LogP contribution in [0.1, 0.15) is 29.7 Å². The lowest BCUT2D eigenvalue weighted by Gasteiger charge is -2.29. The Balaban J connectivity index is 1.38. The molecular formula is C25H25FN4O3. The molecule has 8 heteroatoms. The summed E-state index contributed by atoms with van der Waals surface area (Å²) in [7, 11) is 0. The molecule has 0 radical (unpaired) electrons. The zero-order valence-corrected chi connectivity index (χ0v) is 18.2. The molecule has 0 unspecified atom stereocenters. The van der Waals surface area contributed by atoms with Gasteiger partial charge in [-0.15, -0.1) is 0 Å². The van der Waals surface area contributed by atoms with Gasteiger partial charge < -0.3 is 19.3 Å². The number of carbonyl (C=O) groups is 1. The molecule has 7 nitrogen and oxygen atoms in total. The largest absolute Gasteiger partial charge is 0.445 e. The summed E-state index contributed by atoms with van der Waals surface area (Å²) < 4.78 is 24.9. The van der Waals surface area contributed by atoms with E-state index in [0.29, 0.717) is 37.1 Å². The van der Waals surface area contributed by atoms with Gasteiger partial charge in [0.2, 0.25) is 11.8 Å². The number of ether oxygens (including phenoxy) is 2. The molecule has 170 valence electrons. The molecule has 3 heterocycles. The minimum Gasteiger partial charge on any atom is -0.445 e. The number of aromatic nitrogens is 2. The summed E-state index contributed by atoms with van der Waals surface area (Å²) in [5, 5.41) is 0. The number of benzene rings is 2. The second-order valence-electron chi connectivity index (χ2n) is 8.22. The monoisotopic (exact) mass is 448 g/mol. The van der Waals surface area contributed by atoms with Crippen LogP contribution < -0.4 is 9.64 Å². The Hall–Kier alpha value is -3.68. The highest BCUT2D eigenvalue weighted by Crippen LogP contribution is 2.32. The van der Waals surface area contributed by atoms with Crippen molar-refractivity contribution in [2.45, 2.75) is 32.4 Å². The lowest BCUT2D eigenvalue weighted by Crippen LogP contribution is -2.37. The number of halogens is 1. The Morgan fingerprint density at radius 1 is 0.970 bits per heavy atom. The first-order valence-corrected chi connectivity index (χ1v) is 11.2. The number of carbonyl (C=O) groups excluding carboxylic acids is 1. The summed E-state index contributed by atoms with van der Waals surface area (Å²) in [6.45, 7) is 2.83. The van der Waals surface area contributed by atoms with Crippen LogP contribution in [0.5, 0.6) is 11.6 Å². The number of rotatable bonds is 5. The standard InChI is InChI=1S/C25H25FN4O3/c26-19-8-10-20(11-9-19)33-23-21-16-30(25(31)32-17-18-6-2-1-3-7-18)15-12-22(21)27-24(28-23)29-13-4-5-14-29/h1-3,6-11H,4-5,12-17H2. The smallest absolute Gasteiger partial charge is 0.410 e. The van der Waals surface area contributed by atoms with Crippen LogP contribution in [0.3, 0.4) is 0 Å². The van der Waals surface area contributed by atoms with Crippen LogP contribution in [-0.2, 0) is 24.3 Å². The predicted octanol–water partition coefficient (Wildman–Crippen LogP) is 4.70. The van der Waals surface area contributed by atoms with Gasteiger partial charge in [-0.25, -0.2) is 14.2 Å². The van der Waals surface area contributed by atoms with Gasteiger partial charge in [0.1, 0.15) is 18.2 Å². The summed E-state index contributed by atoms with van der Waals surface area (Å²) in [4.78, 5) is 26.0. The first-order valence-electron chi connectivity index (χ1n) is 11.2. The molecule has 0 atom stereocenters. The molecule has 2 aromatic carbocycles. The predicted molar refractivity (Wildman–Crippen MR) is 121 cm³/mol. The van der Waals surface area contributed by atoms with Crippen LogP contribution in [0.25, 0.3) is 0 Å². The summed E-state index contributed by atoms with van der Waals surface area (Å²) in [6.07, 6.45) is 2.41. The van der Waals surface area contributed by atoms with E-state index in [1.165, 1.54) is 12.1 Å². The summed E-state index contributed by atoms with van der Waals surface area (Å²) in [5.41, 5.74) is 2.56. The third kappa shape index (κ3) is 4.89. The van der Waals surface area contributed by atoms with Crippen LogP contribution in [0.15, 0.2) is 54.6 Å². The lowest BCUT2D eigenvalue weighted by molar-refractivity contribution is 0.0912. The molecule has 0 spiro atoms. The SMILES string of the molecule is O=C(OCc1ccccc1)N1CCc2nc(N3CCCC3)nc(Oc3ccc(F)cc3)c2C1. The minimum atomic E-state index is -0.388. The molecule has 1 amide bonds. The molecule has 1 fully saturated rings. The van der Waals surface area contributed by atoms with Crippen molar-refractivity contribution in [3.8, 4) is 11.6 Å². The van der Waals surface area contributed by atoms with Crippen LogP contribution >= 0.6 is 0 Å². The van der Waals surface area contributed by atoms with Gasteiger partial charge in [-0.3, -0.25) is 0 Å². The van der Waals surface area contributed by atoms with Gasteiger partial charge in [0.05, 0.1) is 17.8 Å². The van der Waals surface area contributed by atoms with Crippen LogP contribution in [0, 0.1) is 5.82 Å².